The standard InChI is InChI=1S/C17H33FO2S/c1-5-7-11-20-17(19)16(13-14(3)4)21-12-8-10-15(18)9-6-2/h14-16H,5-13H2,1-4H3. The summed E-state index contributed by atoms with van der Waals surface area (Å²) in [6.07, 6.45) is 5.10. The highest BCUT2D eigenvalue weighted by Crippen LogP contribution is 2.23. The largest absolute Gasteiger partial charge is 0.465 e. The predicted octanol–water partition coefficient (Wildman–Crippen LogP) is 5.40. The number of esters is 1. The van der Waals surface area contributed by atoms with E-state index in [-0.39, 0.29) is 11.2 Å². The number of carbonyl (C=O) groups excluding carboxylic acids is 1. The van der Waals surface area contributed by atoms with Crippen molar-refractivity contribution in [1.29, 1.82) is 0 Å². The third kappa shape index (κ3) is 12.0. The summed E-state index contributed by atoms with van der Waals surface area (Å²) in [5.41, 5.74) is 0. The maximum atomic E-state index is 13.4. The van der Waals surface area contributed by atoms with Gasteiger partial charge in [0.15, 0.2) is 0 Å². The first-order valence-corrected chi connectivity index (χ1v) is 9.48. The molecule has 0 rings (SSSR count). The first-order chi connectivity index (χ1) is 10.0. The highest BCUT2D eigenvalue weighted by atomic mass is 32.2. The van der Waals surface area contributed by atoms with E-state index in [4.69, 9.17) is 4.74 Å². The number of thioether (sulfide) groups is 1. The Bertz CT molecular complexity index is 259. The fourth-order valence-electron chi connectivity index (χ4n) is 2.06. The summed E-state index contributed by atoms with van der Waals surface area (Å²) in [5.74, 6) is 1.22. The minimum Gasteiger partial charge on any atom is -0.465 e. The van der Waals surface area contributed by atoms with Gasteiger partial charge in [-0.1, -0.05) is 40.5 Å². The van der Waals surface area contributed by atoms with Crippen LogP contribution in [0.1, 0.15) is 72.6 Å². The average molecular weight is 321 g/mol. The molecule has 0 bridgehead atoms. The van der Waals surface area contributed by atoms with Crippen LogP contribution in [0, 0.1) is 5.92 Å². The van der Waals surface area contributed by atoms with Gasteiger partial charge in [-0.3, -0.25) is 4.79 Å². The van der Waals surface area contributed by atoms with Crippen LogP contribution in [0.3, 0.4) is 0 Å². The van der Waals surface area contributed by atoms with Crippen molar-refractivity contribution in [3.63, 3.8) is 0 Å². The minimum atomic E-state index is -0.685. The molecule has 2 atom stereocenters. The van der Waals surface area contributed by atoms with Gasteiger partial charge in [-0.25, -0.2) is 4.39 Å². The van der Waals surface area contributed by atoms with Crippen molar-refractivity contribution in [2.24, 2.45) is 5.92 Å². The van der Waals surface area contributed by atoms with Crippen LogP contribution >= 0.6 is 11.8 Å². The van der Waals surface area contributed by atoms with E-state index in [0.717, 1.165) is 37.9 Å². The summed E-state index contributed by atoms with van der Waals surface area (Å²) >= 11 is 1.63. The molecule has 0 aliphatic rings. The van der Waals surface area contributed by atoms with Crippen LogP contribution in [-0.4, -0.2) is 29.8 Å². The molecule has 0 amide bonds. The van der Waals surface area contributed by atoms with Crippen LogP contribution < -0.4 is 0 Å². The Morgan fingerprint density at radius 1 is 1.14 bits per heavy atom. The Kier molecular flexibility index (Phi) is 13.3. The highest BCUT2D eigenvalue weighted by Gasteiger charge is 2.21. The van der Waals surface area contributed by atoms with Gasteiger partial charge in [0.05, 0.1) is 6.61 Å². The minimum absolute atomic E-state index is 0.0903. The lowest BCUT2D eigenvalue weighted by Crippen LogP contribution is -2.23. The fourth-order valence-corrected chi connectivity index (χ4v) is 3.40. The van der Waals surface area contributed by atoms with Crippen molar-refractivity contribution in [1.82, 2.24) is 0 Å². The summed E-state index contributed by atoms with van der Waals surface area (Å²) < 4.78 is 18.7. The van der Waals surface area contributed by atoms with Crippen LogP contribution in [0.5, 0.6) is 0 Å². The van der Waals surface area contributed by atoms with E-state index in [1.807, 2.05) is 6.92 Å². The molecule has 21 heavy (non-hydrogen) atoms. The third-order valence-electron chi connectivity index (χ3n) is 3.27. The molecule has 0 aliphatic heterocycles. The molecule has 0 heterocycles. The molecule has 0 fully saturated rings. The van der Waals surface area contributed by atoms with Crippen LogP contribution in [-0.2, 0) is 9.53 Å². The molecule has 2 nitrogen and oxygen atoms in total. The molecular weight excluding hydrogens is 287 g/mol. The van der Waals surface area contributed by atoms with Gasteiger partial charge in [0.2, 0.25) is 0 Å². The SMILES string of the molecule is CCCCOC(=O)C(CC(C)C)SCCCC(F)CCC. The van der Waals surface area contributed by atoms with Crippen molar-refractivity contribution < 1.29 is 13.9 Å². The molecule has 4 heteroatoms. The fraction of sp³-hybridized carbons (Fsp3) is 0.941. The first kappa shape index (κ1) is 20.8. The Morgan fingerprint density at radius 3 is 2.43 bits per heavy atom. The number of hydrogen-bond acceptors (Lipinski definition) is 3. The lowest BCUT2D eigenvalue weighted by Gasteiger charge is -2.17. The number of carbonyl (C=O) groups is 1. The summed E-state index contributed by atoms with van der Waals surface area (Å²) in [7, 11) is 0. The Morgan fingerprint density at radius 2 is 1.86 bits per heavy atom. The molecule has 126 valence electrons. The van der Waals surface area contributed by atoms with Crippen LogP contribution in [0.25, 0.3) is 0 Å². The van der Waals surface area contributed by atoms with E-state index in [0.29, 0.717) is 25.4 Å². The quantitative estimate of drug-likeness (QED) is 0.336. The second-order valence-electron chi connectivity index (χ2n) is 6.04. The third-order valence-corrected chi connectivity index (χ3v) is 4.58. The summed E-state index contributed by atoms with van der Waals surface area (Å²) in [6.45, 7) is 8.84. The van der Waals surface area contributed by atoms with E-state index in [1.54, 1.807) is 11.8 Å². The molecule has 0 spiro atoms. The smallest absolute Gasteiger partial charge is 0.319 e. The summed E-state index contributed by atoms with van der Waals surface area (Å²) in [5, 5.41) is -0.0916. The molecule has 0 aromatic rings. The van der Waals surface area contributed by atoms with E-state index >= 15 is 0 Å². The van der Waals surface area contributed by atoms with Crippen LogP contribution in [0.4, 0.5) is 4.39 Å². The van der Waals surface area contributed by atoms with Crippen molar-refractivity contribution in [3.05, 3.63) is 0 Å². The number of alkyl halides is 1. The molecule has 0 aliphatic carbocycles. The Hall–Kier alpha value is -0.250. The zero-order chi connectivity index (χ0) is 16.1. The number of hydrogen-bond donors (Lipinski definition) is 0. The van der Waals surface area contributed by atoms with E-state index in [1.165, 1.54) is 0 Å². The van der Waals surface area contributed by atoms with Crippen molar-refractivity contribution in [2.75, 3.05) is 12.4 Å². The highest BCUT2D eigenvalue weighted by molar-refractivity contribution is 8.00. The van der Waals surface area contributed by atoms with Gasteiger partial charge in [-0.2, -0.15) is 0 Å². The number of halogens is 1. The van der Waals surface area contributed by atoms with Crippen LogP contribution in [0.15, 0.2) is 0 Å². The van der Waals surface area contributed by atoms with E-state index in [9.17, 15) is 9.18 Å². The van der Waals surface area contributed by atoms with Gasteiger partial charge in [-0.15, -0.1) is 11.8 Å². The molecular formula is C17H33FO2S. The van der Waals surface area contributed by atoms with Gasteiger partial charge in [-0.05, 0) is 43.8 Å². The van der Waals surface area contributed by atoms with Crippen molar-refractivity contribution >= 4 is 17.7 Å². The molecule has 0 saturated carbocycles. The van der Waals surface area contributed by atoms with Gasteiger partial charge in [0.25, 0.3) is 0 Å². The normalized spacial score (nSPS) is 14.2. The Balaban J connectivity index is 4.02. The van der Waals surface area contributed by atoms with Crippen molar-refractivity contribution in [2.45, 2.75) is 84.1 Å². The zero-order valence-corrected chi connectivity index (χ0v) is 15.0. The monoisotopic (exact) mass is 320 g/mol. The van der Waals surface area contributed by atoms with E-state index < -0.39 is 6.17 Å². The maximum absolute atomic E-state index is 13.4. The van der Waals surface area contributed by atoms with Gasteiger partial charge >= 0.3 is 5.97 Å². The summed E-state index contributed by atoms with van der Waals surface area (Å²) in [4.78, 5) is 12.1. The molecule has 0 radical (unpaired) electrons. The number of rotatable bonds is 13. The second kappa shape index (κ2) is 13.4. The lowest BCUT2D eigenvalue weighted by atomic mass is 10.1. The molecule has 2 unspecified atom stereocenters. The average Bonchev–Trinajstić information content (AvgIpc) is 2.42. The lowest BCUT2D eigenvalue weighted by molar-refractivity contribution is -0.143. The summed E-state index contributed by atoms with van der Waals surface area (Å²) in [6, 6.07) is 0. The van der Waals surface area contributed by atoms with Gasteiger partial charge in [0.1, 0.15) is 11.4 Å². The maximum Gasteiger partial charge on any atom is 0.319 e. The van der Waals surface area contributed by atoms with Gasteiger partial charge in [0, 0.05) is 0 Å². The predicted molar refractivity (Wildman–Crippen MR) is 90.6 cm³/mol. The molecule has 0 saturated heterocycles. The molecule has 0 aromatic heterocycles. The van der Waals surface area contributed by atoms with Crippen LogP contribution in [0.2, 0.25) is 0 Å². The number of unbranched alkanes of at least 4 members (excludes halogenated alkanes) is 1. The molecule has 0 aromatic carbocycles. The van der Waals surface area contributed by atoms with Gasteiger partial charge < -0.3 is 4.74 Å². The first-order valence-electron chi connectivity index (χ1n) is 8.43. The molecule has 0 N–H and O–H groups in total. The zero-order valence-electron chi connectivity index (χ0n) is 14.2. The van der Waals surface area contributed by atoms with Crippen molar-refractivity contribution in [3.8, 4) is 0 Å². The number of ether oxygens (including phenoxy) is 1. The van der Waals surface area contributed by atoms with E-state index in [2.05, 4.69) is 20.8 Å². The topological polar surface area (TPSA) is 26.3 Å². The Labute approximate surface area is 134 Å². The second-order valence-corrected chi connectivity index (χ2v) is 7.35.